The van der Waals surface area contributed by atoms with Crippen molar-refractivity contribution in [2.24, 2.45) is 5.73 Å². The van der Waals surface area contributed by atoms with Crippen molar-refractivity contribution in [2.45, 2.75) is 57.3 Å². The lowest BCUT2D eigenvalue weighted by Crippen LogP contribution is -2.37. The molecule has 0 saturated heterocycles. The summed E-state index contributed by atoms with van der Waals surface area (Å²) in [5, 5.41) is 0.842. The van der Waals surface area contributed by atoms with Gasteiger partial charge in [0.25, 0.3) is 0 Å². The molecule has 0 bridgehead atoms. The molecule has 3 heteroatoms. The monoisotopic (exact) mass is 295 g/mol. The van der Waals surface area contributed by atoms with Crippen molar-refractivity contribution >= 4 is 11.6 Å². The van der Waals surface area contributed by atoms with Crippen LogP contribution in [0.4, 0.5) is 0 Å². The van der Waals surface area contributed by atoms with Crippen molar-refractivity contribution in [1.82, 2.24) is 0 Å². The average Bonchev–Trinajstić information content (AvgIpc) is 2.47. The molecule has 1 aliphatic rings. The zero-order chi connectivity index (χ0) is 14.8. The first-order valence-electron chi connectivity index (χ1n) is 7.62. The van der Waals surface area contributed by atoms with Crippen molar-refractivity contribution in [3.05, 3.63) is 28.3 Å². The van der Waals surface area contributed by atoms with E-state index in [4.69, 9.17) is 22.1 Å². The van der Waals surface area contributed by atoms with E-state index in [1.54, 1.807) is 7.11 Å². The minimum atomic E-state index is 0.0444. The number of benzene rings is 1. The van der Waals surface area contributed by atoms with E-state index in [-0.39, 0.29) is 5.41 Å². The molecule has 2 N–H and O–H groups in total. The van der Waals surface area contributed by atoms with E-state index >= 15 is 0 Å². The van der Waals surface area contributed by atoms with Crippen LogP contribution in [0.5, 0.6) is 5.75 Å². The fourth-order valence-corrected chi connectivity index (χ4v) is 3.79. The van der Waals surface area contributed by atoms with Crippen LogP contribution in [0.3, 0.4) is 0 Å². The molecular formula is C17H26ClNO. The minimum absolute atomic E-state index is 0.0444. The van der Waals surface area contributed by atoms with Gasteiger partial charge in [0.15, 0.2) is 0 Å². The zero-order valence-electron chi connectivity index (χ0n) is 12.8. The fraction of sp³-hybridized carbons (Fsp3) is 0.647. The van der Waals surface area contributed by atoms with Gasteiger partial charge in [-0.15, -0.1) is 0 Å². The molecule has 0 aliphatic heterocycles. The Morgan fingerprint density at radius 2 is 1.90 bits per heavy atom. The Hall–Kier alpha value is -0.730. The first-order chi connectivity index (χ1) is 9.54. The number of halogens is 1. The molecule has 0 radical (unpaired) electrons. The third kappa shape index (κ3) is 2.82. The number of hydrogen-bond donors (Lipinski definition) is 1. The first-order valence-corrected chi connectivity index (χ1v) is 8.00. The maximum atomic E-state index is 6.50. The Balaban J connectivity index is 2.51. The summed E-state index contributed by atoms with van der Waals surface area (Å²) >= 11 is 6.50. The van der Waals surface area contributed by atoms with Gasteiger partial charge >= 0.3 is 0 Å². The molecule has 2 rings (SSSR count). The van der Waals surface area contributed by atoms with E-state index in [1.807, 2.05) is 0 Å². The van der Waals surface area contributed by atoms with Crippen molar-refractivity contribution in [2.75, 3.05) is 13.7 Å². The van der Waals surface area contributed by atoms with Gasteiger partial charge < -0.3 is 10.5 Å². The Morgan fingerprint density at radius 3 is 2.40 bits per heavy atom. The third-order valence-corrected chi connectivity index (χ3v) is 5.04. The molecule has 0 spiro atoms. The quantitative estimate of drug-likeness (QED) is 0.879. The summed E-state index contributed by atoms with van der Waals surface area (Å²) in [6.07, 6.45) is 6.06. The number of hydrogen-bond acceptors (Lipinski definition) is 2. The topological polar surface area (TPSA) is 35.2 Å². The van der Waals surface area contributed by atoms with Crippen LogP contribution in [0.1, 0.15) is 63.0 Å². The number of methoxy groups -OCH3 is 1. The van der Waals surface area contributed by atoms with Gasteiger partial charge in [-0.2, -0.15) is 0 Å². The zero-order valence-corrected chi connectivity index (χ0v) is 13.6. The predicted molar refractivity (Wildman–Crippen MR) is 85.9 cm³/mol. The van der Waals surface area contributed by atoms with E-state index in [0.717, 1.165) is 29.2 Å². The lowest BCUT2D eigenvalue weighted by molar-refractivity contribution is 0.287. The highest BCUT2D eigenvalue weighted by Gasteiger charge is 2.35. The molecule has 112 valence electrons. The van der Waals surface area contributed by atoms with E-state index in [1.165, 1.54) is 24.8 Å². The van der Waals surface area contributed by atoms with Gasteiger partial charge in [0.1, 0.15) is 5.75 Å². The Kier molecular flexibility index (Phi) is 4.98. The van der Waals surface area contributed by atoms with E-state index < -0.39 is 0 Å². The van der Waals surface area contributed by atoms with Crippen LogP contribution < -0.4 is 10.5 Å². The van der Waals surface area contributed by atoms with Crippen molar-refractivity contribution < 1.29 is 4.74 Å². The summed E-state index contributed by atoms with van der Waals surface area (Å²) in [5.74, 6) is 1.34. The fourth-order valence-electron chi connectivity index (χ4n) is 3.41. The largest absolute Gasteiger partial charge is 0.496 e. The van der Waals surface area contributed by atoms with Crippen molar-refractivity contribution in [3.63, 3.8) is 0 Å². The molecule has 1 fully saturated rings. The lowest BCUT2D eigenvalue weighted by Gasteiger charge is -2.38. The maximum Gasteiger partial charge on any atom is 0.123 e. The highest BCUT2D eigenvalue weighted by molar-refractivity contribution is 6.31. The molecule has 0 atom stereocenters. The molecule has 0 heterocycles. The highest BCUT2D eigenvalue weighted by atomic mass is 35.5. The van der Waals surface area contributed by atoms with E-state index in [0.29, 0.717) is 12.5 Å². The van der Waals surface area contributed by atoms with Gasteiger partial charge in [0.2, 0.25) is 0 Å². The molecule has 0 amide bonds. The molecule has 20 heavy (non-hydrogen) atoms. The summed E-state index contributed by atoms with van der Waals surface area (Å²) in [5.41, 5.74) is 8.54. The highest BCUT2D eigenvalue weighted by Crippen LogP contribution is 2.45. The summed E-state index contributed by atoms with van der Waals surface area (Å²) in [6.45, 7) is 4.97. The van der Waals surface area contributed by atoms with Gasteiger partial charge in [-0.1, -0.05) is 44.7 Å². The molecule has 1 aromatic rings. The molecular weight excluding hydrogens is 270 g/mol. The Bertz CT molecular complexity index is 464. The predicted octanol–water partition coefficient (Wildman–Crippen LogP) is 4.63. The number of ether oxygens (including phenoxy) is 1. The van der Waals surface area contributed by atoms with Gasteiger partial charge in [-0.05, 0) is 36.5 Å². The Labute approximate surface area is 127 Å². The molecule has 0 aromatic heterocycles. The summed E-state index contributed by atoms with van der Waals surface area (Å²) in [7, 11) is 1.74. The maximum absolute atomic E-state index is 6.50. The van der Waals surface area contributed by atoms with Crippen LogP contribution in [0.25, 0.3) is 0 Å². The minimum Gasteiger partial charge on any atom is -0.496 e. The summed E-state index contributed by atoms with van der Waals surface area (Å²) in [6, 6.07) is 4.21. The van der Waals surface area contributed by atoms with E-state index in [2.05, 4.69) is 26.0 Å². The third-order valence-electron chi connectivity index (χ3n) is 4.71. The molecule has 1 saturated carbocycles. The molecule has 1 aliphatic carbocycles. The van der Waals surface area contributed by atoms with Crippen LogP contribution >= 0.6 is 11.6 Å². The van der Waals surface area contributed by atoms with Gasteiger partial charge in [-0.25, -0.2) is 0 Å². The number of rotatable bonds is 4. The van der Waals surface area contributed by atoms with Crippen LogP contribution in [0.2, 0.25) is 5.02 Å². The SMILES string of the molecule is COc1cc(C(C)C)c(Cl)cc1C1(CN)CCCCC1. The van der Waals surface area contributed by atoms with Crippen LogP contribution in [-0.4, -0.2) is 13.7 Å². The normalized spacial score (nSPS) is 18.3. The molecule has 1 aromatic carbocycles. The molecule has 0 unspecified atom stereocenters. The second-order valence-electron chi connectivity index (χ2n) is 6.27. The lowest BCUT2D eigenvalue weighted by atomic mass is 9.69. The second kappa shape index (κ2) is 6.36. The summed E-state index contributed by atoms with van der Waals surface area (Å²) < 4.78 is 5.66. The van der Waals surface area contributed by atoms with Gasteiger partial charge in [0.05, 0.1) is 7.11 Å². The van der Waals surface area contributed by atoms with Gasteiger partial charge in [0, 0.05) is 22.5 Å². The van der Waals surface area contributed by atoms with Crippen LogP contribution in [0, 0.1) is 0 Å². The van der Waals surface area contributed by atoms with Crippen LogP contribution in [-0.2, 0) is 5.41 Å². The standard InChI is InChI=1S/C17H26ClNO/c1-12(2)13-9-16(20-3)14(10-15(13)18)17(11-19)7-5-4-6-8-17/h9-10,12H,4-8,11,19H2,1-3H3. The summed E-state index contributed by atoms with van der Waals surface area (Å²) in [4.78, 5) is 0. The van der Waals surface area contributed by atoms with Crippen LogP contribution in [0.15, 0.2) is 12.1 Å². The average molecular weight is 296 g/mol. The smallest absolute Gasteiger partial charge is 0.123 e. The Morgan fingerprint density at radius 1 is 1.25 bits per heavy atom. The first kappa shape index (κ1) is 15.7. The van der Waals surface area contributed by atoms with Crippen molar-refractivity contribution in [1.29, 1.82) is 0 Å². The van der Waals surface area contributed by atoms with E-state index in [9.17, 15) is 0 Å². The second-order valence-corrected chi connectivity index (χ2v) is 6.68. The van der Waals surface area contributed by atoms with Crippen molar-refractivity contribution in [3.8, 4) is 5.75 Å². The number of nitrogens with two attached hydrogens (primary N) is 1. The molecule has 2 nitrogen and oxygen atoms in total. The van der Waals surface area contributed by atoms with Gasteiger partial charge in [-0.3, -0.25) is 0 Å².